The number of rotatable bonds is 2. The smallest absolute Gasteiger partial charge is 0.123 e. The van der Waals surface area contributed by atoms with Gasteiger partial charge in [0.2, 0.25) is 0 Å². The van der Waals surface area contributed by atoms with Crippen molar-refractivity contribution in [3.8, 4) is 0 Å². The Balaban J connectivity index is 1.81. The summed E-state index contributed by atoms with van der Waals surface area (Å²) >= 11 is 0. The van der Waals surface area contributed by atoms with E-state index in [-0.39, 0.29) is 5.82 Å². The average molecular weight is 230 g/mol. The molecule has 0 fully saturated rings. The molecule has 2 nitrogen and oxygen atoms in total. The SMILES string of the molecule is Fc1ccc(CC2NCCn3cccc32)cc1. The molecule has 3 rings (SSSR count). The Hall–Kier alpha value is -1.61. The van der Waals surface area contributed by atoms with Crippen LogP contribution in [-0.4, -0.2) is 11.1 Å². The predicted octanol–water partition coefficient (Wildman–Crippen LogP) is 2.51. The molecule has 1 aromatic carbocycles. The van der Waals surface area contributed by atoms with Gasteiger partial charge in [-0.25, -0.2) is 4.39 Å². The molecule has 88 valence electrons. The second-order valence-corrected chi connectivity index (χ2v) is 4.46. The molecule has 0 saturated heterocycles. The summed E-state index contributed by atoms with van der Waals surface area (Å²) in [4.78, 5) is 0. The Morgan fingerprint density at radius 3 is 2.88 bits per heavy atom. The van der Waals surface area contributed by atoms with Gasteiger partial charge in [0.05, 0.1) is 6.04 Å². The fourth-order valence-corrected chi connectivity index (χ4v) is 2.44. The van der Waals surface area contributed by atoms with E-state index in [0.717, 1.165) is 19.5 Å². The van der Waals surface area contributed by atoms with Gasteiger partial charge in [-0.2, -0.15) is 0 Å². The number of aromatic nitrogens is 1. The molecule has 2 aromatic rings. The maximum absolute atomic E-state index is 12.8. The highest BCUT2D eigenvalue weighted by Crippen LogP contribution is 2.22. The third kappa shape index (κ3) is 2.11. The highest BCUT2D eigenvalue weighted by atomic mass is 19.1. The average Bonchev–Trinajstić information content (AvgIpc) is 2.81. The van der Waals surface area contributed by atoms with Crippen LogP contribution in [0.4, 0.5) is 4.39 Å². The number of hydrogen-bond donors (Lipinski definition) is 1. The third-order valence-electron chi connectivity index (χ3n) is 3.32. The van der Waals surface area contributed by atoms with Gasteiger partial charge in [-0.3, -0.25) is 0 Å². The Morgan fingerprint density at radius 2 is 2.06 bits per heavy atom. The van der Waals surface area contributed by atoms with E-state index in [0.29, 0.717) is 6.04 Å². The van der Waals surface area contributed by atoms with Crippen molar-refractivity contribution in [2.24, 2.45) is 0 Å². The van der Waals surface area contributed by atoms with Crippen LogP contribution in [0.15, 0.2) is 42.6 Å². The molecule has 3 heteroatoms. The monoisotopic (exact) mass is 230 g/mol. The summed E-state index contributed by atoms with van der Waals surface area (Å²) in [5.41, 5.74) is 2.49. The molecule has 1 aliphatic rings. The van der Waals surface area contributed by atoms with Crippen molar-refractivity contribution < 1.29 is 4.39 Å². The Labute approximate surface area is 100 Å². The quantitative estimate of drug-likeness (QED) is 0.838. The van der Waals surface area contributed by atoms with Crippen molar-refractivity contribution in [3.05, 3.63) is 59.7 Å². The largest absolute Gasteiger partial charge is 0.349 e. The summed E-state index contributed by atoms with van der Waals surface area (Å²) in [6.45, 7) is 2.02. The van der Waals surface area contributed by atoms with E-state index in [1.165, 1.54) is 23.4 Å². The van der Waals surface area contributed by atoms with Gasteiger partial charge in [0.1, 0.15) is 5.82 Å². The Morgan fingerprint density at radius 1 is 1.24 bits per heavy atom. The van der Waals surface area contributed by atoms with Gasteiger partial charge in [-0.05, 0) is 36.2 Å². The van der Waals surface area contributed by atoms with Crippen molar-refractivity contribution in [2.45, 2.75) is 19.0 Å². The van der Waals surface area contributed by atoms with Crippen LogP contribution in [0.5, 0.6) is 0 Å². The van der Waals surface area contributed by atoms with Crippen molar-refractivity contribution in [2.75, 3.05) is 6.54 Å². The summed E-state index contributed by atoms with van der Waals surface area (Å²) in [6.07, 6.45) is 3.03. The highest BCUT2D eigenvalue weighted by Gasteiger charge is 2.19. The van der Waals surface area contributed by atoms with Gasteiger partial charge < -0.3 is 9.88 Å². The zero-order valence-electron chi connectivity index (χ0n) is 9.57. The minimum Gasteiger partial charge on any atom is -0.349 e. The molecule has 1 unspecified atom stereocenters. The minimum atomic E-state index is -0.172. The van der Waals surface area contributed by atoms with Crippen LogP contribution < -0.4 is 5.32 Å². The first kappa shape index (κ1) is 10.5. The van der Waals surface area contributed by atoms with Crippen LogP contribution in [0.2, 0.25) is 0 Å². The first-order chi connectivity index (χ1) is 8.33. The fraction of sp³-hybridized carbons (Fsp3) is 0.286. The molecule has 0 aliphatic carbocycles. The lowest BCUT2D eigenvalue weighted by Gasteiger charge is -2.26. The van der Waals surface area contributed by atoms with Crippen molar-refractivity contribution in [3.63, 3.8) is 0 Å². The Bertz CT molecular complexity index is 501. The standard InChI is InChI=1S/C14H15FN2/c15-12-5-3-11(4-6-12)10-13-14-2-1-8-17(14)9-7-16-13/h1-6,8,13,16H,7,9-10H2. The minimum absolute atomic E-state index is 0.172. The second kappa shape index (κ2) is 4.34. The fourth-order valence-electron chi connectivity index (χ4n) is 2.44. The number of nitrogens with one attached hydrogen (secondary N) is 1. The van der Waals surface area contributed by atoms with Crippen LogP contribution >= 0.6 is 0 Å². The molecule has 0 amide bonds. The zero-order valence-corrected chi connectivity index (χ0v) is 9.57. The number of fused-ring (bicyclic) bond motifs is 1. The van der Waals surface area contributed by atoms with Crippen molar-refractivity contribution >= 4 is 0 Å². The highest BCUT2D eigenvalue weighted by molar-refractivity contribution is 5.22. The van der Waals surface area contributed by atoms with Gasteiger partial charge in [-0.1, -0.05) is 12.1 Å². The lowest BCUT2D eigenvalue weighted by atomic mass is 10.0. The topological polar surface area (TPSA) is 17.0 Å². The molecular formula is C14H15FN2. The molecule has 2 heterocycles. The van der Waals surface area contributed by atoms with E-state index in [1.54, 1.807) is 0 Å². The number of halogens is 1. The molecule has 1 N–H and O–H groups in total. The second-order valence-electron chi connectivity index (χ2n) is 4.46. The van der Waals surface area contributed by atoms with E-state index in [1.807, 2.05) is 12.1 Å². The van der Waals surface area contributed by atoms with Gasteiger partial charge in [0, 0.05) is 25.0 Å². The molecule has 1 aliphatic heterocycles. The summed E-state index contributed by atoms with van der Waals surface area (Å²) in [5, 5.41) is 3.51. The molecule has 0 bridgehead atoms. The molecule has 1 atom stereocenters. The third-order valence-corrected chi connectivity index (χ3v) is 3.32. The summed E-state index contributed by atoms with van der Waals surface area (Å²) in [5.74, 6) is -0.172. The van der Waals surface area contributed by atoms with Crippen LogP contribution in [0.25, 0.3) is 0 Å². The Kier molecular flexibility index (Phi) is 2.69. The summed E-state index contributed by atoms with van der Waals surface area (Å²) in [6, 6.07) is 11.3. The van der Waals surface area contributed by atoms with E-state index in [4.69, 9.17) is 0 Å². The van der Waals surface area contributed by atoms with Gasteiger partial charge in [0.15, 0.2) is 0 Å². The van der Waals surface area contributed by atoms with E-state index < -0.39 is 0 Å². The first-order valence-corrected chi connectivity index (χ1v) is 5.96. The van der Waals surface area contributed by atoms with Gasteiger partial charge in [0.25, 0.3) is 0 Å². The van der Waals surface area contributed by atoms with Crippen LogP contribution in [0.1, 0.15) is 17.3 Å². The lowest BCUT2D eigenvalue weighted by molar-refractivity contribution is 0.423. The number of nitrogens with zero attached hydrogens (tertiary/aromatic N) is 1. The lowest BCUT2D eigenvalue weighted by Crippen LogP contribution is -2.33. The van der Waals surface area contributed by atoms with Crippen LogP contribution in [0, 0.1) is 5.82 Å². The van der Waals surface area contributed by atoms with Gasteiger partial charge >= 0.3 is 0 Å². The first-order valence-electron chi connectivity index (χ1n) is 5.96. The normalized spacial score (nSPS) is 19.0. The van der Waals surface area contributed by atoms with Gasteiger partial charge in [-0.15, -0.1) is 0 Å². The molecule has 0 radical (unpaired) electrons. The number of benzene rings is 1. The van der Waals surface area contributed by atoms with E-state index in [2.05, 4.69) is 28.2 Å². The summed E-state index contributed by atoms with van der Waals surface area (Å²) < 4.78 is 15.1. The van der Waals surface area contributed by atoms with Crippen LogP contribution in [-0.2, 0) is 13.0 Å². The molecule has 17 heavy (non-hydrogen) atoms. The molecule has 0 spiro atoms. The van der Waals surface area contributed by atoms with Crippen molar-refractivity contribution in [1.29, 1.82) is 0 Å². The van der Waals surface area contributed by atoms with E-state index in [9.17, 15) is 4.39 Å². The van der Waals surface area contributed by atoms with Crippen LogP contribution in [0.3, 0.4) is 0 Å². The van der Waals surface area contributed by atoms with Crippen molar-refractivity contribution in [1.82, 2.24) is 9.88 Å². The zero-order chi connectivity index (χ0) is 11.7. The number of hydrogen-bond acceptors (Lipinski definition) is 1. The summed E-state index contributed by atoms with van der Waals surface area (Å²) in [7, 11) is 0. The predicted molar refractivity (Wildman–Crippen MR) is 65.3 cm³/mol. The maximum Gasteiger partial charge on any atom is 0.123 e. The molecule has 0 saturated carbocycles. The molecular weight excluding hydrogens is 215 g/mol. The molecule has 1 aromatic heterocycles. The van der Waals surface area contributed by atoms with E-state index >= 15 is 0 Å². The maximum atomic E-state index is 12.8.